The lowest BCUT2D eigenvalue weighted by molar-refractivity contribution is -0.114. The summed E-state index contributed by atoms with van der Waals surface area (Å²) in [6.07, 6.45) is 3.74. The van der Waals surface area contributed by atoms with E-state index >= 15 is 0 Å². The lowest BCUT2D eigenvalue weighted by Gasteiger charge is -2.28. The van der Waals surface area contributed by atoms with Gasteiger partial charge in [-0.15, -0.1) is 0 Å². The normalized spacial score (nSPS) is 13.9. The number of nitrogens with one attached hydrogen (secondary N) is 2. The number of hydrogen-bond donors (Lipinski definition) is 3. The van der Waals surface area contributed by atoms with Crippen molar-refractivity contribution >= 4 is 40.5 Å². The van der Waals surface area contributed by atoms with E-state index in [0.717, 1.165) is 18.8 Å². The highest BCUT2D eigenvalue weighted by atomic mass is 35.5. The standard InChI is InChI=1S/C20H23ClN4O2/c21-14-4-9-18(17(12-14)20(22)27)23-13-19(26)24-15-5-7-16(8-6-15)25-10-2-1-3-11-25/h4-9,12,23H,1-3,10-11,13H2,(H2,22,27)(H,24,26). The van der Waals surface area contributed by atoms with E-state index in [4.69, 9.17) is 17.3 Å². The first kappa shape index (κ1) is 19.0. The molecule has 27 heavy (non-hydrogen) atoms. The molecule has 1 heterocycles. The quantitative estimate of drug-likeness (QED) is 0.709. The van der Waals surface area contributed by atoms with Crippen molar-refractivity contribution in [3.05, 3.63) is 53.1 Å². The molecular weight excluding hydrogens is 364 g/mol. The molecule has 2 aromatic rings. The van der Waals surface area contributed by atoms with Gasteiger partial charge < -0.3 is 21.3 Å². The van der Waals surface area contributed by atoms with Crippen LogP contribution in [-0.4, -0.2) is 31.4 Å². The Labute approximate surface area is 163 Å². The fraction of sp³-hybridized carbons (Fsp3) is 0.300. The number of halogens is 1. The van der Waals surface area contributed by atoms with Crippen molar-refractivity contribution in [3.8, 4) is 0 Å². The second-order valence-electron chi connectivity index (χ2n) is 6.55. The van der Waals surface area contributed by atoms with Crippen LogP contribution in [0.4, 0.5) is 17.1 Å². The molecule has 4 N–H and O–H groups in total. The topological polar surface area (TPSA) is 87.5 Å². The van der Waals surface area contributed by atoms with Gasteiger partial charge in [-0.2, -0.15) is 0 Å². The summed E-state index contributed by atoms with van der Waals surface area (Å²) in [6, 6.07) is 12.6. The summed E-state index contributed by atoms with van der Waals surface area (Å²) < 4.78 is 0. The van der Waals surface area contributed by atoms with Crippen molar-refractivity contribution in [2.24, 2.45) is 5.73 Å². The second kappa shape index (κ2) is 8.77. The highest BCUT2D eigenvalue weighted by molar-refractivity contribution is 6.31. The van der Waals surface area contributed by atoms with Crippen molar-refractivity contribution in [1.29, 1.82) is 0 Å². The zero-order chi connectivity index (χ0) is 19.2. The Morgan fingerprint density at radius 3 is 2.41 bits per heavy atom. The number of amides is 2. The predicted octanol–water partition coefficient (Wildman–Crippen LogP) is 3.48. The minimum Gasteiger partial charge on any atom is -0.375 e. The summed E-state index contributed by atoms with van der Waals surface area (Å²) in [4.78, 5) is 26.0. The van der Waals surface area contributed by atoms with Gasteiger partial charge in [-0.25, -0.2) is 0 Å². The number of anilines is 3. The highest BCUT2D eigenvalue weighted by Crippen LogP contribution is 2.22. The molecule has 0 atom stereocenters. The first-order valence-electron chi connectivity index (χ1n) is 9.01. The number of carbonyl (C=O) groups is 2. The van der Waals surface area contributed by atoms with Crippen LogP contribution in [0, 0.1) is 0 Å². The fourth-order valence-corrected chi connectivity index (χ4v) is 3.33. The third-order valence-corrected chi connectivity index (χ3v) is 4.79. The van der Waals surface area contributed by atoms with Crippen LogP contribution in [0.25, 0.3) is 0 Å². The Hall–Kier alpha value is -2.73. The molecule has 0 spiro atoms. The van der Waals surface area contributed by atoms with Gasteiger partial charge in [0.25, 0.3) is 5.91 Å². The second-order valence-corrected chi connectivity index (χ2v) is 6.99. The maximum absolute atomic E-state index is 12.2. The third-order valence-electron chi connectivity index (χ3n) is 4.56. The summed E-state index contributed by atoms with van der Waals surface area (Å²) in [6.45, 7) is 2.17. The average molecular weight is 387 g/mol. The molecule has 0 radical (unpaired) electrons. The van der Waals surface area contributed by atoms with E-state index in [1.807, 2.05) is 24.3 Å². The van der Waals surface area contributed by atoms with Gasteiger partial charge in [-0.1, -0.05) is 11.6 Å². The summed E-state index contributed by atoms with van der Waals surface area (Å²) in [5, 5.41) is 6.18. The molecule has 0 bridgehead atoms. The summed E-state index contributed by atoms with van der Waals surface area (Å²) in [5.74, 6) is -0.820. The van der Waals surface area contributed by atoms with Gasteiger partial charge in [0.2, 0.25) is 5.91 Å². The lowest BCUT2D eigenvalue weighted by Crippen LogP contribution is -2.29. The molecule has 0 unspecified atom stereocenters. The predicted molar refractivity (Wildman–Crippen MR) is 110 cm³/mol. The van der Waals surface area contributed by atoms with Crippen molar-refractivity contribution in [1.82, 2.24) is 0 Å². The number of rotatable bonds is 6. The number of nitrogens with two attached hydrogens (primary N) is 1. The lowest BCUT2D eigenvalue weighted by atomic mass is 10.1. The van der Waals surface area contributed by atoms with Gasteiger partial charge >= 0.3 is 0 Å². The molecule has 1 saturated heterocycles. The van der Waals surface area contributed by atoms with E-state index in [1.54, 1.807) is 12.1 Å². The Morgan fingerprint density at radius 1 is 1.04 bits per heavy atom. The van der Waals surface area contributed by atoms with E-state index in [-0.39, 0.29) is 18.0 Å². The maximum atomic E-state index is 12.2. The van der Waals surface area contributed by atoms with Crippen LogP contribution >= 0.6 is 11.6 Å². The Kier molecular flexibility index (Phi) is 6.19. The summed E-state index contributed by atoms with van der Waals surface area (Å²) in [5.41, 5.74) is 7.98. The number of primary amides is 1. The fourth-order valence-electron chi connectivity index (χ4n) is 3.16. The zero-order valence-electron chi connectivity index (χ0n) is 15.0. The van der Waals surface area contributed by atoms with Gasteiger partial charge in [0.05, 0.1) is 12.1 Å². The molecule has 7 heteroatoms. The van der Waals surface area contributed by atoms with Gasteiger partial charge in [0.15, 0.2) is 0 Å². The number of hydrogen-bond acceptors (Lipinski definition) is 4. The molecule has 0 aromatic heterocycles. The van der Waals surface area contributed by atoms with E-state index < -0.39 is 5.91 Å². The van der Waals surface area contributed by atoms with E-state index in [2.05, 4.69) is 15.5 Å². The monoisotopic (exact) mass is 386 g/mol. The SMILES string of the molecule is NC(=O)c1cc(Cl)ccc1NCC(=O)Nc1ccc(N2CCCCC2)cc1. The molecule has 0 saturated carbocycles. The number of benzene rings is 2. The minimum absolute atomic E-state index is 0.00971. The van der Waals surface area contributed by atoms with Crippen LogP contribution in [0.1, 0.15) is 29.6 Å². The minimum atomic E-state index is -0.603. The maximum Gasteiger partial charge on any atom is 0.250 e. The van der Waals surface area contributed by atoms with Crippen molar-refractivity contribution < 1.29 is 9.59 Å². The smallest absolute Gasteiger partial charge is 0.250 e. The Balaban J connectivity index is 1.56. The zero-order valence-corrected chi connectivity index (χ0v) is 15.8. The molecule has 1 aliphatic rings. The van der Waals surface area contributed by atoms with Crippen LogP contribution < -0.4 is 21.3 Å². The molecule has 3 rings (SSSR count). The number of piperidine rings is 1. The molecular formula is C20H23ClN4O2. The van der Waals surface area contributed by atoms with Crippen LogP contribution in [0.15, 0.2) is 42.5 Å². The van der Waals surface area contributed by atoms with E-state index in [0.29, 0.717) is 10.7 Å². The highest BCUT2D eigenvalue weighted by Gasteiger charge is 2.12. The molecule has 6 nitrogen and oxygen atoms in total. The molecule has 142 valence electrons. The third kappa shape index (κ3) is 5.14. The summed E-state index contributed by atoms with van der Waals surface area (Å²) >= 11 is 5.88. The molecule has 1 aliphatic heterocycles. The first-order valence-corrected chi connectivity index (χ1v) is 9.39. The van der Waals surface area contributed by atoms with Crippen LogP contribution in [0.3, 0.4) is 0 Å². The van der Waals surface area contributed by atoms with Crippen molar-refractivity contribution in [2.45, 2.75) is 19.3 Å². The number of nitrogens with zero attached hydrogens (tertiary/aromatic N) is 1. The van der Waals surface area contributed by atoms with E-state index in [9.17, 15) is 9.59 Å². The average Bonchev–Trinajstić information content (AvgIpc) is 2.68. The van der Waals surface area contributed by atoms with Gasteiger partial charge in [-0.05, 0) is 61.7 Å². The Morgan fingerprint density at radius 2 is 1.74 bits per heavy atom. The van der Waals surface area contributed by atoms with Crippen LogP contribution in [0.5, 0.6) is 0 Å². The Bertz CT molecular complexity index is 817. The largest absolute Gasteiger partial charge is 0.375 e. The molecule has 1 fully saturated rings. The van der Waals surface area contributed by atoms with Gasteiger partial charge in [0.1, 0.15) is 0 Å². The van der Waals surface area contributed by atoms with Crippen molar-refractivity contribution in [3.63, 3.8) is 0 Å². The first-order chi connectivity index (χ1) is 13.0. The summed E-state index contributed by atoms with van der Waals surface area (Å²) in [7, 11) is 0. The van der Waals surface area contributed by atoms with Gasteiger partial charge in [0, 0.05) is 35.2 Å². The van der Waals surface area contributed by atoms with Crippen molar-refractivity contribution in [2.75, 3.05) is 35.2 Å². The van der Waals surface area contributed by atoms with Crippen LogP contribution in [0.2, 0.25) is 5.02 Å². The number of carbonyl (C=O) groups excluding carboxylic acids is 2. The molecule has 0 aliphatic carbocycles. The van der Waals surface area contributed by atoms with E-state index in [1.165, 1.54) is 31.0 Å². The molecule has 2 aromatic carbocycles. The van der Waals surface area contributed by atoms with Crippen LogP contribution in [-0.2, 0) is 4.79 Å². The molecule has 2 amide bonds. The van der Waals surface area contributed by atoms with Gasteiger partial charge in [-0.3, -0.25) is 9.59 Å².